The molecule has 0 aliphatic heterocycles. The van der Waals surface area contributed by atoms with Crippen LogP contribution in [0.1, 0.15) is 39.5 Å². The molecule has 0 saturated heterocycles. The zero-order valence-electron chi connectivity index (χ0n) is 12.1. The van der Waals surface area contributed by atoms with Gasteiger partial charge in [0.2, 0.25) is 0 Å². The van der Waals surface area contributed by atoms with E-state index < -0.39 is 11.4 Å². The van der Waals surface area contributed by atoms with E-state index in [0.717, 1.165) is 12.8 Å². The third-order valence-electron chi connectivity index (χ3n) is 3.46. The first-order chi connectivity index (χ1) is 9.02. The topological polar surface area (TPSA) is 87.7 Å². The number of unbranched alkanes of at least 4 members (excludes halogenated alkanes) is 1. The summed E-state index contributed by atoms with van der Waals surface area (Å²) < 4.78 is 4.90. The van der Waals surface area contributed by atoms with Crippen LogP contribution in [0.25, 0.3) is 0 Å². The summed E-state index contributed by atoms with van der Waals surface area (Å²) in [7, 11) is 1.64. The number of carbonyl (C=O) groups is 2. The minimum absolute atomic E-state index is 0.152. The van der Waals surface area contributed by atoms with Crippen molar-refractivity contribution >= 4 is 12.0 Å². The van der Waals surface area contributed by atoms with Crippen molar-refractivity contribution in [3.8, 4) is 0 Å². The van der Waals surface area contributed by atoms with E-state index in [9.17, 15) is 14.7 Å². The van der Waals surface area contributed by atoms with Crippen molar-refractivity contribution in [1.82, 2.24) is 10.6 Å². The van der Waals surface area contributed by atoms with Crippen LogP contribution in [0.2, 0.25) is 0 Å². The molecule has 0 aromatic carbocycles. The van der Waals surface area contributed by atoms with Crippen LogP contribution in [0.15, 0.2) is 0 Å². The van der Waals surface area contributed by atoms with Crippen molar-refractivity contribution in [3.63, 3.8) is 0 Å². The standard InChI is InChI=1S/C13H26N2O4/c1-4-13(5-2,11(16)17)10-15-12(18)14-8-6-7-9-19-3/h4-10H2,1-3H3,(H,16,17)(H2,14,15,18). The summed E-state index contributed by atoms with van der Waals surface area (Å²) in [5.74, 6) is -0.863. The van der Waals surface area contributed by atoms with Gasteiger partial charge in [-0.05, 0) is 25.7 Å². The van der Waals surface area contributed by atoms with Gasteiger partial charge < -0.3 is 20.5 Å². The van der Waals surface area contributed by atoms with Crippen molar-refractivity contribution in [3.05, 3.63) is 0 Å². The van der Waals surface area contributed by atoms with Crippen LogP contribution < -0.4 is 10.6 Å². The van der Waals surface area contributed by atoms with Crippen LogP contribution in [0.4, 0.5) is 4.79 Å². The molecule has 0 bridgehead atoms. The van der Waals surface area contributed by atoms with E-state index in [1.54, 1.807) is 7.11 Å². The number of rotatable bonds is 10. The van der Waals surface area contributed by atoms with Crippen molar-refractivity contribution < 1.29 is 19.4 Å². The highest BCUT2D eigenvalue weighted by Crippen LogP contribution is 2.25. The zero-order valence-corrected chi connectivity index (χ0v) is 12.1. The summed E-state index contributed by atoms with van der Waals surface area (Å²) in [6, 6.07) is -0.315. The van der Waals surface area contributed by atoms with E-state index >= 15 is 0 Å². The van der Waals surface area contributed by atoms with Crippen molar-refractivity contribution in [2.45, 2.75) is 39.5 Å². The number of aliphatic carboxylic acids is 1. The zero-order chi connectivity index (χ0) is 14.7. The van der Waals surface area contributed by atoms with E-state index in [2.05, 4.69) is 10.6 Å². The lowest BCUT2D eigenvalue weighted by Crippen LogP contribution is -2.46. The van der Waals surface area contributed by atoms with E-state index in [0.29, 0.717) is 26.0 Å². The molecule has 2 amide bonds. The number of carboxylic acids is 1. The molecule has 0 atom stereocenters. The number of nitrogens with one attached hydrogen (secondary N) is 2. The van der Waals surface area contributed by atoms with Gasteiger partial charge in [0.15, 0.2) is 0 Å². The highest BCUT2D eigenvalue weighted by molar-refractivity contribution is 5.78. The molecular formula is C13H26N2O4. The Morgan fingerprint density at radius 3 is 2.26 bits per heavy atom. The fourth-order valence-electron chi connectivity index (χ4n) is 1.76. The largest absolute Gasteiger partial charge is 0.481 e. The normalized spacial score (nSPS) is 11.1. The highest BCUT2D eigenvalue weighted by atomic mass is 16.5. The molecule has 112 valence electrons. The van der Waals surface area contributed by atoms with Crippen LogP contribution in [-0.2, 0) is 9.53 Å². The number of hydrogen-bond donors (Lipinski definition) is 3. The minimum atomic E-state index is -0.868. The van der Waals surface area contributed by atoms with Gasteiger partial charge in [-0.3, -0.25) is 4.79 Å². The first kappa shape index (κ1) is 17.7. The highest BCUT2D eigenvalue weighted by Gasteiger charge is 2.35. The Hall–Kier alpha value is -1.30. The molecule has 0 aliphatic rings. The summed E-state index contributed by atoms with van der Waals surface area (Å²) in [4.78, 5) is 22.8. The van der Waals surface area contributed by atoms with Gasteiger partial charge in [0.25, 0.3) is 0 Å². The molecule has 0 heterocycles. The maximum Gasteiger partial charge on any atom is 0.314 e. The van der Waals surface area contributed by atoms with E-state index in [1.807, 2.05) is 13.8 Å². The molecule has 0 aromatic heterocycles. The Morgan fingerprint density at radius 2 is 1.79 bits per heavy atom. The van der Waals surface area contributed by atoms with Gasteiger partial charge in [0.1, 0.15) is 0 Å². The molecule has 0 rings (SSSR count). The molecule has 0 radical (unpaired) electrons. The molecule has 0 unspecified atom stereocenters. The van der Waals surface area contributed by atoms with Crippen molar-refractivity contribution in [2.75, 3.05) is 26.8 Å². The van der Waals surface area contributed by atoms with E-state index in [-0.39, 0.29) is 12.6 Å². The SMILES string of the molecule is CCC(CC)(CNC(=O)NCCCCOC)C(=O)O. The third-order valence-corrected chi connectivity index (χ3v) is 3.46. The number of urea groups is 1. The minimum Gasteiger partial charge on any atom is -0.481 e. The molecule has 19 heavy (non-hydrogen) atoms. The number of methoxy groups -OCH3 is 1. The molecule has 0 aromatic rings. The Kier molecular flexibility index (Phi) is 8.95. The number of ether oxygens (including phenoxy) is 1. The lowest BCUT2D eigenvalue weighted by Gasteiger charge is -2.26. The quantitative estimate of drug-likeness (QED) is 0.528. The average molecular weight is 274 g/mol. The smallest absolute Gasteiger partial charge is 0.314 e. The number of carboxylic acid groups (broad SMARTS) is 1. The Morgan fingerprint density at radius 1 is 1.16 bits per heavy atom. The van der Waals surface area contributed by atoms with E-state index in [1.165, 1.54) is 0 Å². The molecule has 6 heteroatoms. The molecule has 0 spiro atoms. The fraction of sp³-hybridized carbons (Fsp3) is 0.846. The van der Waals surface area contributed by atoms with Gasteiger partial charge in [-0.2, -0.15) is 0 Å². The van der Waals surface area contributed by atoms with Crippen molar-refractivity contribution in [2.24, 2.45) is 5.41 Å². The van der Waals surface area contributed by atoms with Gasteiger partial charge in [-0.15, -0.1) is 0 Å². The number of carbonyl (C=O) groups excluding carboxylic acids is 1. The number of hydrogen-bond acceptors (Lipinski definition) is 3. The Bertz CT molecular complexity index is 278. The van der Waals surface area contributed by atoms with Gasteiger partial charge >= 0.3 is 12.0 Å². The fourth-order valence-corrected chi connectivity index (χ4v) is 1.76. The molecular weight excluding hydrogens is 248 g/mol. The Labute approximate surface area is 114 Å². The summed E-state index contributed by atoms with van der Waals surface area (Å²) >= 11 is 0. The lowest BCUT2D eigenvalue weighted by molar-refractivity contribution is -0.149. The molecule has 0 aliphatic carbocycles. The second kappa shape index (κ2) is 9.61. The first-order valence-corrected chi connectivity index (χ1v) is 6.76. The maximum atomic E-state index is 11.5. The van der Waals surface area contributed by atoms with Crippen LogP contribution in [-0.4, -0.2) is 43.9 Å². The number of amides is 2. The Balaban J connectivity index is 3.96. The first-order valence-electron chi connectivity index (χ1n) is 6.76. The summed E-state index contributed by atoms with van der Waals surface area (Å²) in [5.41, 5.74) is -0.868. The summed E-state index contributed by atoms with van der Waals surface area (Å²) in [6.45, 7) is 5.04. The summed E-state index contributed by atoms with van der Waals surface area (Å²) in [6.07, 6.45) is 2.71. The molecule has 3 N–H and O–H groups in total. The second-order valence-corrected chi connectivity index (χ2v) is 4.60. The van der Waals surface area contributed by atoms with Gasteiger partial charge in [-0.25, -0.2) is 4.79 Å². The van der Waals surface area contributed by atoms with Crippen LogP contribution >= 0.6 is 0 Å². The predicted molar refractivity (Wildman–Crippen MR) is 73.2 cm³/mol. The van der Waals surface area contributed by atoms with Crippen LogP contribution in [0, 0.1) is 5.41 Å². The van der Waals surface area contributed by atoms with Gasteiger partial charge in [0.05, 0.1) is 5.41 Å². The van der Waals surface area contributed by atoms with Crippen LogP contribution in [0.5, 0.6) is 0 Å². The van der Waals surface area contributed by atoms with Crippen LogP contribution in [0.3, 0.4) is 0 Å². The molecule has 0 saturated carbocycles. The third kappa shape index (κ3) is 6.42. The second-order valence-electron chi connectivity index (χ2n) is 4.60. The lowest BCUT2D eigenvalue weighted by atomic mass is 9.82. The van der Waals surface area contributed by atoms with Crippen molar-refractivity contribution in [1.29, 1.82) is 0 Å². The average Bonchev–Trinajstić information content (AvgIpc) is 2.40. The maximum absolute atomic E-state index is 11.5. The predicted octanol–water partition coefficient (Wildman–Crippen LogP) is 1.60. The van der Waals surface area contributed by atoms with Gasteiger partial charge in [0, 0.05) is 26.8 Å². The molecule has 6 nitrogen and oxygen atoms in total. The summed E-state index contributed by atoms with van der Waals surface area (Å²) in [5, 5.41) is 14.6. The monoisotopic (exact) mass is 274 g/mol. The van der Waals surface area contributed by atoms with Gasteiger partial charge in [-0.1, -0.05) is 13.8 Å². The molecule has 0 fully saturated rings. The van der Waals surface area contributed by atoms with E-state index in [4.69, 9.17) is 4.74 Å².